The number of rotatable bonds is 3. The van der Waals surface area contributed by atoms with E-state index >= 15 is 0 Å². The average Bonchev–Trinajstić information content (AvgIpc) is 2.53. The minimum absolute atomic E-state index is 0.0274. The fraction of sp³-hybridized carbons (Fsp3) is 0.412. The predicted octanol–water partition coefficient (Wildman–Crippen LogP) is 2.39. The highest BCUT2D eigenvalue weighted by Gasteiger charge is 2.40. The van der Waals surface area contributed by atoms with E-state index in [9.17, 15) is 19.7 Å². The zero-order valence-corrected chi connectivity index (χ0v) is 13.7. The van der Waals surface area contributed by atoms with E-state index in [-0.39, 0.29) is 23.8 Å². The lowest BCUT2D eigenvalue weighted by Gasteiger charge is -2.40. The standard InChI is InChI=1S/C17H19N3O4/c1-18(2)19-14-7-4-8-15(21)17(14)13(10-16(19)22)11-5-3-6-12(9-11)20(23)24/h3,5-6,9,13H,4,7-8,10H2,1-2H3/t13-/m0/s1. The molecule has 1 amide bonds. The second-order valence-electron chi connectivity index (χ2n) is 6.30. The lowest BCUT2D eigenvalue weighted by molar-refractivity contribution is -0.384. The molecular weight excluding hydrogens is 310 g/mol. The van der Waals surface area contributed by atoms with E-state index in [2.05, 4.69) is 0 Å². The number of amides is 1. The third-order valence-electron chi connectivity index (χ3n) is 4.53. The molecule has 24 heavy (non-hydrogen) atoms. The number of allylic oxidation sites excluding steroid dienone is 2. The summed E-state index contributed by atoms with van der Waals surface area (Å²) in [6.07, 6.45) is 1.98. The summed E-state index contributed by atoms with van der Waals surface area (Å²) in [5, 5.41) is 14.3. The van der Waals surface area contributed by atoms with Crippen LogP contribution in [0.2, 0.25) is 0 Å². The number of hydrazine groups is 1. The maximum Gasteiger partial charge on any atom is 0.269 e. The smallest absolute Gasteiger partial charge is 0.269 e. The third-order valence-corrected chi connectivity index (χ3v) is 4.53. The molecule has 0 spiro atoms. The monoisotopic (exact) mass is 329 g/mol. The summed E-state index contributed by atoms with van der Waals surface area (Å²) in [7, 11) is 3.55. The van der Waals surface area contributed by atoms with Crippen molar-refractivity contribution in [3.05, 3.63) is 51.2 Å². The molecule has 1 aromatic rings. The highest BCUT2D eigenvalue weighted by Crippen LogP contribution is 2.42. The summed E-state index contributed by atoms with van der Waals surface area (Å²) < 4.78 is 0. The number of nitro benzene ring substituents is 1. The van der Waals surface area contributed by atoms with Crippen LogP contribution in [0.3, 0.4) is 0 Å². The number of Topliss-reactive ketones (excluding diaryl/α,β-unsaturated/α-hetero) is 1. The van der Waals surface area contributed by atoms with E-state index in [1.54, 1.807) is 36.2 Å². The van der Waals surface area contributed by atoms with Crippen molar-refractivity contribution in [1.29, 1.82) is 0 Å². The molecule has 1 heterocycles. The first-order chi connectivity index (χ1) is 11.4. The molecule has 0 saturated heterocycles. The van der Waals surface area contributed by atoms with Gasteiger partial charge in [0.15, 0.2) is 5.78 Å². The van der Waals surface area contributed by atoms with Gasteiger partial charge in [-0.1, -0.05) is 12.1 Å². The average molecular weight is 329 g/mol. The fourth-order valence-electron chi connectivity index (χ4n) is 3.58. The van der Waals surface area contributed by atoms with Gasteiger partial charge < -0.3 is 0 Å². The van der Waals surface area contributed by atoms with Crippen LogP contribution in [0.5, 0.6) is 0 Å². The van der Waals surface area contributed by atoms with Crippen LogP contribution in [-0.2, 0) is 9.59 Å². The van der Waals surface area contributed by atoms with E-state index in [1.807, 2.05) is 0 Å². The molecule has 126 valence electrons. The quantitative estimate of drug-likeness (QED) is 0.628. The van der Waals surface area contributed by atoms with Crippen LogP contribution >= 0.6 is 0 Å². The second kappa shape index (κ2) is 6.16. The van der Waals surface area contributed by atoms with Crippen molar-refractivity contribution >= 4 is 17.4 Å². The van der Waals surface area contributed by atoms with Gasteiger partial charge in [-0.15, -0.1) is 0 Å². The van der Waals surface area contributed by atoms with Gasteiger partial charge in [-0.25, -0.2) is 10.0 Å². The van der Waals surface area contributed by atoms with Crippen molar-refractivity contribution < 1.29 is 14.5 Å². The Balaban J connectivity index is 2.12. The molecular formula is C17H19N3O4. The Morgan fingerprint density at radius 2 is 2.00 bits per heavy atom. The first-order valence-electron chi connectivity index (χ1n) is 7.91. The van der Waals surface area contributed by atoms with Crippen LogP contribution in [0.15, 0.2) is 35.5 Å². The zero-order valence-electron chi connectivity index (χ0n) is 13.7. The fourth-order valence-corrected chi connectivity index (χ4v) is 3.58. The molecule has 7 nitrogen and oxygen atoms in total. The lowest BCUT2D eigenvalue weighted by atomic mass is 9.77. The van der Waals surface area contributed by atoms with Crippen LogP contribution in [0, 0.1) is 10.1 Å². The first kappa shape index (κ1) is 16.3. The summed E-state index contributed by atoms with van der Waals surface area (Å²) in [6, 6.07) is 6.24. The van der Waals surface area contributed by atoms with E-state index < -0.39 is 10.8 Å². The molecule has 2 aliphatic rings. The van der Waals surface area contributed by atoms with Crippen LogP contribution in [-0.4, -0.2) is 40.7 Å². The highest BCUT2D eigenvalue weighted by molar-refractivity contribution is 6.01. The Morgan fingerprint density at radius 3 is 2.67 bits per heavy atom. The second-order valence-corrected chi connectivity index (χ2v) is 6.30. The van der Waals surface area contributed by atoms with Crippen molar-refractivity contribution in [3.63, 3.8) is 0 Å². The summed E-state index contributed by atoms with van der Waals surface area (Å²) >= 11 is 0. The number of carbonyl (C=O) groups is 2. The largest absolute Gasteiger partial charge is 0.294 e. The van der Waals surface area contributed by atoms with Gasteiger partial charge in [-0.05, 0) is 18.4 Å². The SMILES string of the molecule is CN(C)N1C(=O)C[C@@H](c2cccc([N+](=O)[O-])c2)C2=C1CCCC2=O. The zero-order chi connectivity index (χ0) is 17.4. The number of benzene rings is 1. The molecule has 0 N–H and O–H groups in total. The molecule has 7 heteroatoms. The van der Waals surface area contributed by atoms with E-state index in [1.165, 1.54) is 12.1 Å². The number of hydrogen-bond acceptors (Lipinski definition) is 5. The first-order valence-corrected chi connectivity index (χ1v) is 7.91. The Morgan fingerprint density at radius 1 is 1.25 bits per heavy atom. The molecule has 0 saturated carbocycles. The van der Waals surface area contributed by atoms with Gasteiger partial charge in [0.1, 0.15) is 0 Å². The normalized spacial score (nSPS) is 21.3. The highest BCUT2D eigenvalue weighted by atomic mass is 16.6. The molecule has 1 aliphatic carbocycles. The maximum absolute atomic E-state index is 12.6. The van der Waals surface area contributed by atoms with Crippen molar-refractivity contribution in [1.82, 2.24) is 10.0 Å². The molecule has 1 aliphatic heterocycles. The topological polar surface area (TPSA) is 83.8 Å². The van der Waals surface area contributed by atoms with Gasteiger partial charge in [0.2, 0.25) is 5.91 Å². The summed E-state index contributed by atoms with van der Waals surface area (Å²) in [6.45, 7) is 0. The minimum Gasteiger partial charge on any atom is -0.294 e. The number of carbonyl (C=O) groups excluding carboxylic acids is 2. The lowest BCUT2D eigenvalue weighted by Crippen LogP contribution is -2.47. The van der Waals surface area contributed by atoms with Gasteiger partial charge in [0.25, 0.3) is 5.69 Å². The Hall–Kier alpha value is -2.54. The number of non-ortho nitro benzene ring substituents is 1. The van der Waals surface area contributed by atoms with Crippen LogP contribution in [0.1, 0.15) is 37.2 Å². The van der Waals surface area contributed by atoms with E-state index in [0.29, 0.717) is 24.0 Å². The molecule has 1 aromatic carbocycles. The molecule has 0 unspecified atom stereocenters. The van der Waals surface area contributed by atoms with Crippen molar-refractivity contribution in [2.45, 2.75) is 31.6 Å². The van der Waals surface area contributed by atoms with Crippen molar-refractivity contribution in [2.24, 2.45) is 0 Å². The number of nitro groups is 1. The molecule has 0 fully saturated rings. The predicted molar refractivity (Wildman–Crippen MR) is 86.9 cm³/mol. The van der Waals surface area contributed by atoms with Crippen LogP contribution in [0.4, 0.5) is 5.69 Å². The summed E-state index contributed by atoms with van der Waals surface area (Å²) in [5.74, 6) is -0.464. The number of hydrogen-bond donors (Lipinski definition) is 0. The molecule has 0 radical (unpaired) electrons. The van der Waals surface area contributed by atoms with Gasteiger partial charge in [0.05, 0.1) is 4.92 Å². The van der Waals surface area contributed by atoms with Gasteiger partial charge >= 0.3 is 0 Å². The van der Waals surface area contributed by atoms with Gasteiger partial charge in [-0.2, -0.15) is 0 Å². The van der Waals surface area contributed by atoms with Crippen molar-refractivity contribution in [2.75, 3.05) is 14.1 Å². The van der Waals surface area contributed by atoms with Gasteiger partial charge in [-0.3, -0.25) is 19.7 Å². The third kappa shape index (κ3) is 2.71. The molecule has 0 bridgehead atoms. The summed E-state index contributed by atoms with van der Waals surface area (Å²) in [5.41, 5.74) is 2.00. The Kier molecular flexibility index (Phi) is 4.19. The van der Waals surface area contributed by atoms with E-state index in [4.69, 9.17) is 0 Å². The van der Waals surface area contributed by atoms with Crippen LogP contribution < -0.4 is 0 Å². The maximum atomic E-state index is 12.6. The van der Waals surface area contributed by atoms with Crippen LogP contribution in [0.25, 0.3) is 0 Å². The Labute approximate surface area is 139 Å². The number of nitrogens with zero attached hydrogens (tertiary/aromatic N) is 3. The molecule has 3 rings (SSSR count). The number of ketones is 1. The Bertz CT molecular complexity index is 754. The van der Waals surface area contributed by atoms with Crippen molar-refractivity contribution in [3.8, 4) is 0 Å². The summed E-state index contributed by atoms with van der Waals surface area (Å²) in [4.78, 5) is 35.7. The minimum atomic E-state index is -0.460. The molecule has 1 atom stereocenters. The molecule has 0 aromatic heterocycles. The van der Waals surface area contributed by atoms with E-state index in [0.717, 1.165) is 12.1 Å². The van der Waals surface area contributed by atoms with Gasteiger partial charge in [0, 0.05) is 56.3 Å².